The third kappa shape index (κ3) is 4.60. The highest BCUT2D eigenvalue weighted by atomic mass is 32.2. The predicted molar refractivity (Wildman–Crippen MR) is 122 cm³/mol. The fourth-order valence-corrected chi connectivity index (χ4v) is 5.11. The number of benzene rings is 2. The molecule has 10 nitrogen and oxygen atoms in total. The normalized spacial score (nSPS) is 21.3. The van der Waals surface area contributed by atoms with Crippen LogP contribution in [0.15, 0.2) is 65.9 Å². The highest BCUT2D eigenvalue weighted by molar-refractivity contribution is 8.00. The largest absolute Gasteiger partial charge is 0.477 e. The van der Waals surface area contributed by atoms with E-state index in [1.807, 2.05) is 6.07 Å². The second kappa shape index (κ2) is 9.56. The second-order valence-electron chi connectivity index (χ2n) is 7.70. The average Bonchev–Trinajstić information content (AvgIpc) is 2.82. The number of non-ortho nitro benzene ring substituents is 1. The maximum atomic E-state index is 13.0. The molecule has 2 amide bonds. The summed E-state index contributed by atoms with van der Waals surface area (Å²) in [5.74, 6) is -0.881. The van der Waals surface area contributed by atoms with Crippen molar-refractivity contribution in [3.05, 3.63) is 81.5 Å². The van der Waals surface area contributed by atoms with Gasteiger partial charge in [0.2, 0.25) is 12.0 Å². The van der Waals surface area contributed by atoms with Crippen LogP contribution in [0.1, 0.15) is 19.4 Å². The van der Waals surface area contributed by atoms with Crippen molar-refractivity contribution in [1.29, 1.82) is 0 Å². The molecule has 2 unspecified atom stereocenters. The van der Waals surface area contributed by atoms with Crippen LogP contribution in [0.4, 0.5) is 5.69 Å². The van der Waals surface area contributed by atoms with Gasteiger partial charge < -0.3 is 14.8 Å². The Morgan fingerprint density at radius 2 is 1.82 bits per heavy atom. The number of para-hydroxylation sites is 1. The van der Waals surface area contributed by atoms with E-state index in [0.29, 0.717) is 16.9 Å². The molecular formula is C23H21N3O7S. The zero-order valence-corrected chi connectivity index (χ0v) is 19.1. The van der Waals surface area contributed by atoms with Gasteiger partial charge in [-0.15, -0.1) is 11.8 Å². The number of carbonyl (C=O) groups excluding carboxylic acids is 3. The molecule has 0 spiro atoms. The predicted octanol–water partition coefficient (Wildman–Crippen LogP) is 2.74. The maximum absolute atomic E-state index is 13.0. The van der Waals surface area contributed by atoms with Crippen molar-refractivity contribution < 1.29 is 28.8 Å². The standard InChI is InChI=1S/C23H21N3O7S/c1-13-18(23(29)32-12-15-8-10-16(11-9-15)26(30)31)25-21(28)19(33-17-6-4-3-5-7-17)22(25)34-20(13)24-14(2)27/h3-11,19-20,22H,12H2,1-2H3,(H,24,27)/t19?,20?,22-/m1/s1. The van der Waals surface area contributed by atoms with Gasteiger partial charge in [0, 0.05) is 19.1 Å². The van der Waals surface area contributed by atoms with Gasteiger partial charge in [-0.3, -0.25) is 24.6 Å². The zero-order valence-electron chi connectivity index (χ0n) is 18.3. The molecule has 176 valence electrons. The number of nitro benzene ring substituents is 1. The third-order valence-electron chi connectivity index (χ3n) is 5.33. The lowest BCUT2D eigenvalue weighted by Gasteiger charge is -2.50. The van der Waals surface area contributed by atoms with Crippen LogP contribution in [0.5, 0.6) is 5.75 Å². The number of thioether (sulfide) groups is 1. The molecule has 1 N–H and O–H groups in total. The monoisotopic (exact) mass is 483 g/mol. The Balaban J connectivity index is 1.53. The number of amides is 2. The average molecular weight is 484 g/mol. The second-order valence-corrected chi connectivity index (χ2v) is 8.92. The topological polar surface area (TPSA) is 128 Å². The van der Waals surface area contributed by atoms with Crippen LogP contribution in [-0.2, 0) is 25.7 Å². The minimum atomic E-state index is -0.825. The quantitative estimate of drug-likeness (QED) is 0.276. The van der Waals surface area contributed by atoms with Gasteiger partial charge >= 0.3 is 5.97 Å². The van der Waals surface area contributed by atoms with E-state index in [4.69, 9.17) is 9.47 Å². The first-order valence-corrected chi connectivity index (χ1v) is 11.3. The number of nitrogens with one attached hydrogen (secondary N) is 1. The zero-order chi connectivity index (χ0) is 24.4. The highest BCUT2D eigenvalue weighted by Gasteiger charge is 2.57. The first-order valence-electron chi connectivity index (χ1n) is 10.3. The molecule has 0 aliphatic carbocycles. The molecule has 0 aromatic heterocycles. The SMILES string of the molecule is CC(=O)NC1S[C@@H]2C(Oc3ccccc3)C(=O)N2C(C(=O)OCc2ccc([N+](=O)[O-])cc2)=C1C. The number of nitrogens with zero attached hydrogens (tertiary/aromatic N) is 2. The van der Waals surface area contributed by atoms with Crippen molar-refractivity contribution >= 4 is 35.2 Å². The van der Waals surface area contributed by atoms with Crippen molar-refractivity contribution in [2.75, 3.05) is 0 Å². The first-order chi connectivity index (χ1) is 16.3. The number of ether oxygens (including phenoxy) is 2. The molecule has 1 saturated heterocycles. The molecule has 2 aromatic rings. The van der Waals surface area contributed by atoms with Crippen molar-refractivity contribution in [3.63, 3.8) is 0 Å². The summed E-state index contributed by atoms with van der Waals surface area (Å²) in [6.07, 6.45) is -0.825. The van der Waals surface area contributed by atoms with Gasteiger partial charge in [-0.05, 0) is 42.3 Å². The fraction of sp³-hybridized carbons (Fsp3) is 0.261. The Bertz CT molecular complexity index is 1170. The van der Waals surface area contributed by atoms with Gasteiger partial charge in [0.1, 0.15) is 28.8 Å². The molecule has 4 rings (SSSR count). The summed E-state index contributed by atoms with van der Waals surface area (Å²) in [5.41, 5.74) is 1.02. The summed E-state index contributed by atoms with van der Waals surface area (Å²) in [5, 5.41) is 12.5. The van der Waals surface area contributed by atoms with Gasteiger partial charge in [-0.2, -0.15) is 0 Å². The van der Waals surface area contributed by atoms with Gasteiger partial charge in [-0.25, -0.2) is 4.79 Å². The Morgan fingerprint density at radius 1 is 1.15 bits per heavy atom. The van der Waals surface area contributed by atoms with E-state index < -0.39 is 27.7 Å². The molecule has 2 heterocycles. The Morgan fingerprint density at radius 3 is 2.44 bits per heavy atom. The van der Waals surface area contributed by atoms with E-state index in [-0.39, 0.29) is 29.8 Å². The van der Waals surface area contributed by atoms with E-state index in [2.05, 4.69) is 5.32 Å². The maximum Gasteiger partial charge on any atom is 0.355 e. The molecule has 2 aliphatic heterocycles. The molecule has 11 heteroatoms. The Kier molecular flexibility index (Phi) is 6.55. The van der Waals surface area contributed by atoms with Crippen LogP contribution in [0, 0.1) is 10.1 Å². The van der Waals surface area contributed by atoms with Crippen LogP contribution in [0.2, 0.25) is 0 Å². The molecule has 0 radical (unpaired) electrons. The summed E-state index contributed by atoms with van der Waals surface area (Å²) in [6, 6.07) is 14.5. The van der Waals surface area contributed by atoms with Crippen molar-refractivity contribution in [3.8, 4) is 5.75 Å². The van der Waals surface area contributed by atoms with E-state index in [1.54, 1.807) is 31.2 Å². The van der Waals surface area contributed by atoms with Crippen LogP contribution in [-0.4, -0.2) is 44.5 Å². The number of β-lactam (4-membered cyclic amide) rings is 1. The third-order valence-corrected chi connectivity index (χ3v) is 6.81. The molecule has 2 aromatic carbocycles. The molecule has 34 heavy (non-hydrogen) atoms. The molecule has 3 atom stereocenters. The van der Waals surface area contributed by atoms with Crippen molar-refractivity contribution in [1.82, 2.24) is 10.2 Å². The highest BCUT2D eigenvalue weighted by Crippen LogP contribution is 2.44. The Hall–Kier alpha value is -3.86. The van der Waals surface area contributed by atoms with Gasteiger partial charge in [0.25, 0.3) is 11.6 Å². The minimum Gasteiger partial charge on any atom is -0.477 e. The summed E-state index contributed by atoms with van der Waals surface area (Å²) >= 11 is 1.31. The van der Waals surface area contributed by atoms with Gasteiger partial charge in [-0.1, -0.05) is 18.2 Å². The number of carbonyl (C=O) groups is 3. The molecular weight excluding hydrogens is 462 g/mol. The lowest BCUT2D eigenvalue weighted by Crippen LogP contribution is -2.68. The van der Waals surface area contributed by atoms with E-state index in [1.165, 1.54) is 47.9 Å². The molecule has 1 fully saturated rings. The number of esters is 1. The van der Waals surface area contributed by atoms with Crippen LogP contribution >= 0.6 is 11.8 Å². The summed E-state index contributed by atoms with van der Waals surface area (Å²) in [6.45, 7) is 2.89. The molecule has 0 bridgehead atoms. The molecule has 0 saturated carbocycles. The van der Waals surface area contributed by atoms with E-state index >= 15 is 0 Å². The van der Waals surface area contributed by atoms with Gasteiger partial charge in [0.05, 0.1) is 4.92 Å². The summed E-state index contributed by atoms with van der Waals surface area (Å²) < 4.78 is 11.3. The first kappa shape index (κ1) is 23.3. The smallest absolute Gasteiger partial charge is 0.355 e. The lowest BCUT2D eigenvalue weighted by molar-refractivity contribution is -0.384. The van der Waals surface area contributed by atoms with Crippen LogP contribution in [0.25, 0.3) is 0 Å². The Labute approximate surface area is 199 Å². The number of hydrogen-bond donors (Lipinski definition) is 1. The number of hydrogen-bond acceptors (Lipinski definition) is 8. The van der Waals surface area contributed by atoms with Gasteiger partial charge in [0.15, 0.2) is 0 Å². The fourth-order valence-electron chi connectivity index (χ4n) is 3.63. The van der Waals surface area contributed by atoms with Crippen LogP contribution in [0.3, 0.4) is 0 Å². The van der Waals surface area contributed by atoms with Crippen LogP contribution < -0.4 is 10.1 Å². The minimum absolute atomic E-state index is 0.0577. The van der Waals surface area contributed by atoms with E-state index in [0.717, 1.165) is 0 Å². The van der Waals surface area contributed by atoms with Crippen molar-refractivity contribution in [2.24, 2.45) is 0 Å². The summed E-state index contributed by atoms with van der Waals surface area (Å²) in [4.78, 5) is 49.4. The van der Waals surface area contributed by atoms with Crippen molar-refractivity contribution in [2.45, 2.75) is 37.3 Å². The lowest BCUT2D eigenvalue weighted by atomic mass is 10.0. The number of nitro groups is 1. The summed E-state index contributed by atoms with van der Waals surface area (Å²) in [7, 11) is 0. The molecule has 2 aliphatic rings. The van der Waals surface area contributed by atoms with E-state index in [9.17, 15) is 24.5 Å². The number of rotatable bonds is 7. The number of fused-ring (bicyclic) bond motifs is 1.